The SMILES string of the molecule is CNC(=O)C[CH-]C=O.[Cs+]. The molecular weight excluding hydrogens is 239 g/mol. The minimum absolute atomic E-state index is 0. The first kappa shape index (κ1) is 12.7. The van der Waals surface area contributed by atoms with Gasteiger partial charge in [0.25, 0.3) is 0 Å². The normalized spacial score (nSPS) is 6.78. The molecule has 0 heterocycles. The first-order chi connectivity index (χ1) is 3.81. The Bertz CT molecular complexity index is 95.0. The van der Waals surface area contributed by atoms with Gasteiger partial charge in [-0.2, -0.15) is 0 Å². The fraction of sp³-hybridized carbons (Fsp3) is 0.400. The van der Waals surface area contributed by atoms with Crippen LogP contribution in [0.15, 0.2) is 0 Å². The van der Waals surface area contributed by atoms with Gasteiger partial charge < -0.3 is 16.5 Å². The molecule has 0 aliphatic rings. The summed E-state index contributed by atoms with van der Waals surface area (Å²) in [5.74, 6) is -0.142. The van der Waals surface area contributed by atoms with Gasteiger partial charge in [-0.1, -0.05) is 6.42 Å². The molecule has 0 fully saturated rings. The second-order valence-corrected chi connectivity index (χ2v) is 1.25. The number of hydrogen-bond donors (Lipinski definition) is 1. The summed E-state index contributed by atoms with van der Waals surface area (Å²) in [6.45, 7) is 0. The van der Waals surface area contributed by atoms with E-state index in [9.17, 15) is 9.59 Å². The molecule has 0 rings (SSSR count). The summed E-state index contributed by atoms with van der Waals surface area (Å²) in [4.78, 5) is 19.9. The van der Waals surface area contributed by atoms with Gasteiger partial charge in [-0.25, -0.2) is 0 Å². The van der Waals surface area contributed by atoms with E-state index in [1.165, 1.54) is 13.5 Å². The molecule has 4 heteroatoms. The molecule has 1 amide bonds. The fourth-order valence-electron chi connectivity index (χ4n) is 0.257. The van der Waals surface area contributed by atoms with E-state index < -0.39 is 0 Å². The molecule has 1 N–H and O–H groups in total. The molecule has 9 heavy (non-hydrogen) atoms. The van der Waals surface area contributed by atoms with Crippen molar-refractivity contribution in [3.05, 3.63) is 6.42 Å². The Morgan fingerprint density at radius 2 is 2.33 bits per heavy atom. The van der Waals surface area contributed by atoms with Crippen molar-refractivity contribution in [1.29, 1.82) is 0 Å². The van der Waals surface area contributed by atoms with Crippen LogP contribution in [0.4, 0.5) is 0 Å². The molecule has 0 aromatic rings. The molecule has 0 radical (unpaired) electrons. The summed E-state index contributed by atoms with van der Waals surface area (Å²) >= 11 is 0. The molecule has 3 nitrogen and oxygen atoms in total. The van der Waals surface area contributed by atoms with Gasteiger partial charge in [0.15, 0.2) is 5.91 Å². The van der Waals surface area contributed by atoms with Gasteiger partial charge in [0.1, 0.15) is 0 Å². The van der Waals surface area contributed by atoms with Crippen LogP contribution >= 0.6 is 0 Å². The molecular formula is C5H8CsNO2. The number of hydrogen-bond acceptors (Lipinski definition) is 2. The zero-order valence-electron chi connectivity index (χ0n) is 5.68. The zero-order chi connectivity index (χ0) is 6.41. The monoisotopic (exact) mass is 247 g/mol. The van der Waals surface area contributed by atoms with Crippen LogP contribution in [-0.4, -0.2) is 19.2 Å². The van der Waals surface area contributed by atoms with Crippen LogP contribution in [0.3, 0.4) is 0 Å². The second-order valence-electron chi connectivity index (χ2n) is 1.25. The Morgan fingerprint density at radius 3 is 2.67 bits per heavy atom. The van der Waals surface area contributed by atoms with E-state index in [2.05, 4.69) is 5.32 Å². The number of rotatable bonds is 3. The van der Waals surface area contributed by atoms with E-state index in [0.717, 1.165) is 0 Å². The fourth-order valence-corrected chi connectivity index (χ4v) is 0.257. The second kappa shape index (κ2) is 9.06. The summed E-state index contributed by atoms with van der Waals surface area (Å²) in [6.07, 6.45) is 2.05. The molecule has 0 aliphatic heterocycles. The van der Waals surface area contributed by atoms with Crippen molar-refractivity contribution in [1.82, 2.24) is 5.32 Å². The summed E-state index contributed by atoms with van der Waals surface area (Å²) in [7, 11) is 1.53. The van der Waals surface area contributed by atoms with E-state index in [1.807, 2.05) is 0 Å². The summed E-state index contributed by atoms with van der Waals surface area (Å²) in [5, 5.41) is 2.37. The molecule has 0 aliphatic carbocycles. The van der Waals surface area contributed by atoms with Crippen LogP contribution < -0.4 is 74.2 Å². The topological polar surface area (TPSA) is 46.2 Å². The van der Waals surface area contributed by atoms with Crippen molar-refractivity contribution in [3.63, 3.8) is 0 Å². The van der Waals surface area contributed by atoms with Crippen LogP contribution in [0.5, 0.6) is 0 Å². The molecule has 0 bridgehead atoms. The van der Waals surface area contributed by atoms with E-state index in [-0.39, 0.29) is 81.2 Å². The summed E-state index contributed by atoms with van der Waals surface area (Å²) in [6, 6.07) is 0. The standard InChI is InChI=1S/C5H8NO2.Cs/c1-6-5(8)3-2-4-7;/h2,4H,3H2,1H3,(H,6,8);/q-1;+1. The molecule has 0 saturated carbocycles. The van der Waals surface area contributed by atoms with Crippen LogP contribution in [0.25, 0.3) is 0 Å². The third-order valence-electron chi connectivity index (χ3n) is 0.678. The first-order valence-electron chi connectivity index (χ1n) is 2.28. The molecule has 0 aromatic heterocycles. The van der Waals surface area contributed by atoms with Crippen molar-refractivity contribution < 1.29 is 78.5 Å². The number of amides is 1. The predicted molar refractivity (Wildman–Crippen MR) is 29.0 cm³/mol. The molecule has 0 saturated heterocycles. The zero-order valence-corrected chi connectivity index (χ0v) is 12.0. The van der Waals surface area contributed by atoms with Gasteiger partial charge in [-0.3, -0.25) is 4.79 Å². The smallest absolute Gasteiger partial charge is 0.361 e. The van der Waals surface area contributed by atoms with Crippen molar-refractivity contribution in [2.45, 2.75) is 6.42 Å². The maximum Gasteiger partial charge on any atom is 1.00 e. The van der Waals surface area contributed by atoms with E-state index in [0.29, 0.717) is 6.29 Å². The van der Waals surface area contributed by atoms with Gasteiger partial charge in [0.2, 0.25) is 0 Å². The third-order valence-corrected chi connectivity index (χ3v) is 0.678. The minimum atomic E-state index is -0.142. The van der Waals surface area contributed by atoms with E-state index in [1.54, 1.807) is 0 Å². The number of carbonyl (C=O) groups is 2. The van der Waals surface area contributed by atoms with Crippen molar-refractivity contribution in [2.24, 2.45) is 0 Å². The van der Waals surface area contributed by atoms with Gasteiger partial charge in [0, 0.05) is 7.05 Å². The number of carbonyl (C=O) groups excluding carboxylic acids is 2. The number of aldehydes is 1. The average Bonchev–Trinajstić information content (AvgIpc) is 1.83. The minimum Gasteiger partial charge on any atom is -0.361 e. The van der Waals surface area contributed by atoms with Gasteiger partial charge in [-0.15, -0.1) is 0 Å². The maximum atomic E-state index is 10.3. The van der Waals surface area contributed by atoms with Gasteiger partial charge in [-0.05, 0) is 6.29 Å². The molecule has 0 unspecified atom stereocenters. The molecule has 0 spiro atoms. The van der Waals surface area contributed by atoms with Crippen molar-refractivity contribution in [3.8, 4) is 0 Å². The van der Waals surface area contributed by atoms with Crippen molar-refractivity contribution in [2.75, 3.05) is 7.05 Å². The van der Waals surface area contributed by atoms with Crippen molar-refractivity contribution >= 4 is 12.2 Å². The summed E-state index contributed by atoms with van der Waals surface area (Å²) in [5.41, 5.74) is 0. The van der Waals surface area contributed by atoms with E-state index in [4.69, 9.17) is 0 Å². The third kappa shape index (κ3) is 9.06. The Kier molecular flexibility index (Phi) is 12.8. The summed E-state index contributed by atoms with van der Waals surface area (Å²) < 4.78 is 0. The Labute approximate surface area is 113 Å². The average molecular weight is 247 g/mol. The Balaban J connectivity index is 0. The molecule has 0 aromatic carbocycles. The van der Waals surface area contributed by atoms with Crippen LogP contribution in [0, 0.1) is 6.42 Å². The maximum absolute atomic E-state index is 10.3. The van der Waals surface area contributed by atoms with Gasteiger partial charge in [0.05, 0.1) is 0 Å². The van der Waals surface area contributed by atoms with Crippen LogP contribution in [-0.2, 0) is 9.59 Å². The quantitative estimate of drug-likeness (QED) is 0.416. The predicted octanol–water partition coefficient (Wildman–Crippen LogP) is -3.47. The number of nitrogens with one attached hydrogen (secondary N) is 1. The Hall–Kier alpha value is 1.06. The Morgan fingerprint density at radius 1 is 1.78 bits per heavy atom. The molecule has 46 valence electrons. The van der Waals surface area contributed by atoms with Gasteiger partial charge >= 0.3 is 68.9 Å². The van der Waals surface area contributed by atoms with Crippen LogP contribution in [0.1, 0.15) is 6.42 Å². The first-order valence-corrected chi connectivity index (χ1v) is 2.28. The van der Waals surface area contributed by atoms with Crippen LogP contribution in [0.2, 0.25) is 0 Å². The van der Waals surface area contributed by atoms with E-state index >= 15 is 0 Å². The largest absolute Gasteiger partial charge is 1.00 e. The molecule has 0 atom stereocenters.